The van der Waals surface area contributed by atoms with Gasteiger partial charge in [-0.3, -0.25) is 4.79 Å². The number of halogens is 3. The van der Waals surface area contributed by atoms with E-state index in [2.05, 4.69) is 5.32 Å². The van der Waals surface area contributed by atoms with Gasteiger partial charge in [0.2, 0.25) is 15.9 Å². The Morgan fingerprint density at radius 3 is 2.52 bits per heavy atom. The smallest absolute Gasteiger partial charge is 0.326 e. The van der Waals surface area contributed by atoms with Gasteiger partial charge < -0.3 is 5.32 Å². The van der Waals surface area contributed by atoms with E-state index in [4.69, 9.17) is 0 Å². The zero-order valence-corrected chi connectivity index (χ0v) is 14.9. The number of benzene rings is 1. The third kappa shape index (κ3) is 5.18. The molecule has 1 N–H and O–H groups in total. The quantitative estimate of drug-likeness (QED) is 0.856. The molecule has 2 rings (SSSR count). The number of sulfonamides is 1. The minimum Gasteiger partial charge on any atom is -0.326 e. The van der Waals surface area contributed by atoms with E-state index in [1.165, 1.54) is 18.2 Å². The number of amides is 1. The molecule has 0 spiro atoms. The van der Waals surface area contributed by atoms with Crippen LogP contribution in [0.1, 0.15) is 32.3 Å². The van der Waals surface area contributed by atoms with Gasteiger partial charge in [-0.05, 0) is 42.5 Å². The fourth-order valence-corrected chi connectivity index (χ4v) is 4.36. The van der Waals surface area contributed by atoms with Crippen molar-refractivity contribution in [2.24, 2.45) is 5.92 Å². The number of alkyl halides is 3. The van der Waals surface area contributed by atoms with Crippen LogP contribution in [0.3, 0.4) is 0 Å². The molecule has 9 heteroatoms. The molecule has 1 aliphatic rings. The molecule has 1 amide bonds. The summed E-state index contributed by atoms with van der Waals surface area (Å²) in [7, 11) is -4.29. The molecule has 0 saturated carbocycles. The summed E-state index contributed by atoms with van der Waals surface area (Å²) in [4.78, 5) is 11.4. The molecule has 0 aromatic heterocycles. The summed E-state index contributed by atoms with van der Waals surface area (Å²) >= 11 is 0. The maximum atomic E-state index is 12.8. The van der Waals surface area contributed by atoms with Crippen molar-refractivity contribution in [3.63, 3.8) is 0 Å². The second-order valence-corrected chi connectivity index (χ2v) is 8.47. The number of anilines is 1. The molecule has 1 aromatic rings. The maximum Gasteiger partial charge on any atom is 0.402 e. The van der Waals surface area contributed by atoms with Crippen molar-refractivity contribution in [2.45, 2.75) is 44.2 Å². The molecular formula is C16H21F3N2O3S. The van der Waals surface area contributed by atoms with Crippen molar-refractivity contribution < 1.29 is 26.4 Å². The minimum absolute atomic E-state index is 0.159. The van der Waals surface area contributed by atoms with Crippen LogP contribution in [0.15, 0.2) is 23.1 Å². The van der Waals surface area contributed by atoms with Crippen molar-refractivity contribution in [3.8, 4) is 0 Å². The first kappa shape index (κ1) is 19.7. The summed E-state index contributed by atoms with van der Waals surface area (Å²) in [5, 5.41) is 2.67. The van der Waals surface area contributed by atoms with Crippen molar-refractivity contribution in [3.05, 3.63) is 23.8 Å². The van der Waals surface area contributed by atoms with E-state index in [-0.39, 0.29) is 23.3 Å². The molecule has 1 aliphatic heterocycles. The van der Waals surface area contributed by atoms with Crippen molar-refractivity contribution >= 4 is 21.6 Å². The molecule has 0 bridgehead atoms. The van der Waals surface area contributed by atoms with Crippen LogP contribution in [0.2, 0.25) is 0 Å². The summed E-state index contributed by atoms with van der Waals surface area (Å²) < 4.78 is 64.4. The average molecular weight is 378 g/mol. The number of hydrogen-bond acceptors (Lipinski definition) is 3. The summed E-state index contributed by atoms with van der Waals surface area (Å²) in [5.41, 5.74) is 1.12. The van der Waals surface area contributed by atoms with Crippen LogP contribution >= 0.6 is 0 Å². The van der Waals surface area contributed by atoms with E-state index in [1.54, 1.807) is 13.8 Å². The third-order valence-electron chi connectivity index (χ3n) is 3.76. The van der Waals surface area contributed by atoms with E-state index < -0.39 is 22.7 Å². The number of nitrogens with zero attached hydrogens (tertiary/aromatic N) is 1. The highest BCUT2D eigenvalue weighted by Gasteiger charge is 2.37. The van der Waals surface area contributed by atoms with Gasteiger partial charge in [-0.25, -0.2) is 8.42 Å². The predicted molar refractivity (Wildman–Crippen MR) is 87.7 cm³/mol. The molecule has 25 heavy (non-hydrogen) atoms. The van der Waals surface area contributed by atoms with Gasteiger partial charge in [0, 0.05) is 18.7 Å². The number of carbonyl (C=O) groups excluding carboxylic acids is 1. The van der Waals surface area contributed by atoms with Gasteiger partial charge in [0.15, 0.2) is 0 Å². The molecule has 1 heterocycles. The van der Waals surface area contributed by atoms with Gasteiger partial charge >= 0.3 is 6.18 Å². The SMILES string of the molecule is CC(C)CN(CC(F)(F)F)S(=O)(=O)c1ccc2c(c1)CCCC(=O)N2. The monoisotopic (exact) mass is 378 g/mol. The number of nitrogens with one attached hydrogen (secondary N) is 1. The Kier molecular flexibility index (Phi) is 5.78. The van der Waals surface area contributed by atoms with Gasteiger partial charge in [0.1, 0.15) is 6.54 Å². The first-order chi connectivity index (χ1) is 11.5. The predicted octanol–water partition coefficient (Wildman–Crippen LogP) is 3.17. The lowest BCUT2D eigenvalue weighted by molar-refractivity contribution is -0.136. The Bertz CT molecular complexity index is 745. The molecule has 0 aliphatic carbocycles. The van der Waals surface area contributed by atoms with Gasteiger partial charge in [0.25, 0.3) is 0 Å². The molecule has 0 saturated heterocycles. The second-order valence-electron chi connectivity index (χ2n) is 6.53. The van der Waals surface area contributed by atoms with Crippen molar-refractivity contribution in [1.82, 2.24) is 4.31 Å². The van der Waals surface area contributed by atoms with Crippen LogP contribution < -0.4 is 5.32 Å². The van der Waals surface area contributed by atoms with Gasteiger partial charge in [-0.1, -0.05) is 13.8 Å². The van der Waals surface area contributed by atoms with Gasteiger partial charge in [-0.15, -0.1) is 0 Å². The van der Waals surface area contributed by atoms with Crippen molar-refractivity contribution in [2.75, 3.05) is 18.4 Å². The Labute approximate surface area is 145 Å². The van der Waals surface area contributed by atoms with Gasteiger partial charge in [0.05, 0.1) is 4.90 Å². The van der Waals surface area contributed by atoms with E-state index in [1.807, 2.05) is 0 Å². The second kappa shape index (κ2) is 7.33. The topological polar surface area (TPSA) is 66.5 Å². The molecule has 0 radical (unpaired) electrons. The van der Waals surface area contributed by atoms with Crippen LogP contribution in [0, 0.1) is 5.92 Å². The minimum atomic E-state index is -4.62. The molecule has 140 valence electrons. The lowest BCUT2D eigenvalue weighted by Crippen LogP contribution is -2.41. The molecule has 0 unspecified atom stereocenters. The standard InChI is InChI=1S/C16H21F3N2O3S/c1-11(2)9-21(10-16(17,18)19)25(23,24)13-6-7-14-12(8-13)4-3-5-15(22)20-14/h6-8,11H,3-5,9-10H2,1-2H3,(H,20,22). The number of hydrogen-bond donors (Lipinski definition) is 1. The molecule has 0 atom stereocenters. The highest BCUT2D eigenvalue weighted by atomic mass is 32.2. The van der Waals surface area contributed by atoms with E-state index in [0.29, 0.717) is 34.8 Å². The number of rotatable bonds is 5. The first-order valence-corrected chi connectivity index (χ1v) is 9.43. The van der Waals surface area contributed by atoms with E-state index in [9.17, 15) is 26.4 Å². The Hall–Kier alpha value is -1.61. The average Bonchev–Trinajstić information content (AvgIpc) is 2.64. The Morgan fingerprint density at radius 2 is 1.92 bits per heavy atom. The summed E-state index contributed by atoms with van der Waals surface area (Å²) in [6.07, 6.45) is -3.26. The summed E-state index contributed by atoms with van der Waals surface area (Å²) in [5.74, 6) is -0.412. The van der Waals surface area contributed by atoms with Gasteiger partial charge in [-0.2, -0.15) is 17.5 Å². The summed E-state index contributed by atoms with van der Waals surface area (Å²) in [6.45, 7) is 1.56. The molecule has 5 nitrogen and oxygen atoms in total. The highest BCUT2D eigenvalue weighted by Crippen LogP contribution is 2.28. The highest BCUT2D eigenvalue weighted by molar-refractivity contribution is 7.89. The van der Waals surface area contributed by atoms with Crippen LogP contribution in [0.5, 0.6) is 0 Å². The fourth-order valence-electron chi connectivity index (χ4n) is 2.72. The summed E-state index contributed by atoms with van der Waals surface area (Å²) in [6, 6.07) is 4.04. The Morgan fingerprint density at radius 1 is 1.24 bits per heavy atom. The zero-order valence-electron chi connectivity index (χ0n) is 14.1. The van der Waals surface area contributed by atoms with Crippen LogP contribution in [-0.2, 0) is 21.2 Å². The Balaban J connectivity index is 2.39. The number of aryl methyl sites for hydroxylation is 1. The molecule has 1 aromatic carbocycles. The molecule has 0 fully saturated rings. The van der Waals surface area contributed by atoms with Crippen LogP contribution in [-0.4, -0.2) is 37.9 Å². The van der Waals surface area contributed by atoms with Crippen molar-refractivity contribution in [1.29, 1.82) is 0 Å². The number of carbonyl (C=O) groups is 1. The van der Waals surface area contributed by atoms with Crippen LogP contribution in [0.25, 0.3) is 0 Å². The van der Waals surface area contributed by atoms with E-state index in [0.717, 1.165) is 0 Å². The third-order valence-corrected chi connectivity index (χ3v) is 5.57. The number of fused-ring (bicyclic) bond motifs is 1. The lowest BCUT2D eigenvalue weighted by Gasteiger charge is -2.25. The largest absolute Gasteiger partial charge is 0.402 e. The normalized spacial score (nSPS) is 15.9. The maximum absolute atomic E-state index is 12.8. The fraction of sp³-hybridized carbons (Fsp3) is 0.562. The van der Waals surface area contributed by atoms with Crippen LogP contribution in [0.4, 0.5) is 18.9 Å². The first-order valence-electron chi connectivity index (χ1n) is 7.99. The lowest BCUT2D eigenvalue weighted by atomic mass is 10.1. The molecular weight excluding hydrogens is 357 g/mol. The zero-order chi connectivity index (χ0) is 18.8. The van der Waals surface area contributed by atoms with E-state index >= 15 is 0 Å².